The predicted octanol–water partition coefficient (Wildman–Crippen LogP) is 1.31. The SMILES string of the molecule is CN(CC(=O)N1CCNCC1)Cc1cccc(Br)c1. The van der Waals surface area contributed by atoms with Crippen molar-refractivity contribution in [1.82, 2.24) is 15.1 Å². The smallest absolute Gasteiger partial charge is 0.236 e. The van der Waals surface area contributed by atoms with Gasteiger partial charge in [0.2, 0.25) is 5.91 Å². The lowest BCUT2D eigenvalue weighted by molar-refractivity contribution is -0.132. The maximum atomic E-state index is 12.1. The van der Waals surface area contributed by atoms with Gasteiger partial charge in [0.25, 0.3) is 0 Å². The molecule has 1 amide bonds. The molecule has 0 aromatic heterocycles. The van der Waals surface area contributed by atoms with E-state index in [1.165, 1.54) is 5.56 Å². The van der Waals surface area contributed by atoms with E-state index in [1.54, 1.807) is 0 Å². The molecule has 1 fully saturated rings. The second-order valence-electron chi connectivity index (χ2n) is 4.93. The first-order valence-electron chi connectivity index (χ1n) is 6.56. The first-order valence-corrected chi connectivity index (χ1v) is 7.36. The predicted molar refractivity (Wildman–Crippen MR) is 79.9 cm³/mol. The van der Waals surface area contributed by atoms with Gasteiger partial charge in [-0.3, -0.25) is 9.69 Å². The molecular formula is C14H20BrN3O. The van der Waals surface area contributed by atoms with Crippen LogP contribution in [0.4, 0.5) is 0 Å². The normalized spacial score (nSPS) is 15.8. The maximum Gasteiger partial charge on any atom is 0.236 e. The highest BCUT2D eigenvalue weighted by atomic mass is 79.9. The van der Waals surface area contributed by atoms with Gasteiger partial charge >= 0.3 is 0 Å². The zero-order chi connectivity index (χ0) is 13.7. The fourth-order valence-electron chi connectivity index (χ4n) is 2.25. The first-order chi connectivity index (χ1) is 9.15. The standard InChI is InChI=1S/C14H20BrN3O/c1-17(10-12-3-2-4-13(15)9-12)11-14(19)18-7-5-16-6-8-18/h2-4,9,16H,5-8,10-11H2,1H3. The van der Waals surface area contributed by atoms with E-state index in [9.17, 15) is 4.79 Å². The lowest BCUT2D eigenvalue weighted by Gasteiger charge is -2.29. The van der Waals surface area contributed by atoms with E-state index in [0.717, 1.165) is 37.2 Å². The average Bonchev–Trinajstić information content (AvgIpc) is 2.39. The molecular weight excluding hydrogens is 306 g/mol. The summed E-state index contributed by atoms with van der Waals surface area (Å²) in [7, 11) is 1.99. The van der Waals surface area contributed by atoms with Crippen LogP contribution in [0.1, 0.15) is 5.56 Å². The van der Waals surface area contributed by atoms with E-state index < -0.39 is 0 Å². The Kier molecular flexibility index (Phi) is 5.36. The largest absolute Gasteiger partial charge is 0.339 e. The molecule has 1 saturated heterocycles. The van der Waals surface area contributed by atoms with Gasteiger partial charge in [0.15, 0.2) is 0 Å². The maximum absolute atomic E-state index is 12.1. The number of hydrogen-bond donors (Lipinski definition) is 1. The minimum absolute atomic E-state index is 0.221. The van der Waals surface area contributed by atoms with Crippen LogP contribution in [0.2, 0.25) is 0 Å². The molecule has 104 valence electrons. The van der Waals surface area contributed by atoms with Gasteiger partial charge < -0.3 is 10.2 Å². The second-order valence-corrected chi connectivity index (χ2v) is 5.85. The van der Waals surface area contributed by atoms with E-state index >= 15 is 0 Å². The van der Waals surface area contributed by atoms with Crippen LogP contribution >= 0.6 is 15.9 Å². The van der Waals surface area contributed by atoms with Gasteiger partial charge in [-0.05, 0) is 24.7 Å². The molecule has 1 heterocycles. The summed E-state index contributed by atoms with van der Waals surface area (Å²) in [5, 5.41) is 3.26. The molecule has 0 bridgehead atoms. The zero-order valence-electron chi connectivity index (χ0n) is 11.2. The molecule has 1 aliphatic heterocycles. The Bertz CT molecular complexity index is 432. The third kappa shape index (κ3) is 4.60. The molecule has 0 saturated carbocycles. The third-order valence-electron chi connectivity index (χ3n) is 3.22. The number of likely N-dealkylation sites (N-methyl/N-ethyl adjacent to an activating group) is 1. The van der Waals surface area contributed by atoms with Crippen molar-refractivity contribution in [1.29, 1.82) is 0 Å². The number of amides is 1. The molecule has 1 aliphatic rings. The Morgan fingerprint density at radius 1 is 1.42 bits per heavy atom. The minimum atomic E-state index is 0.221. The Hall–Kier alpha value is -0.910. The van der Waals surface area contributed by atoms with Crippen molar-refractivity contribution in [2.45, 2.75) is 6.54 Å². The average molecular weight is 326 g/mol. The van der Waals surface area contributed by atoms with Crippen LogP contribution in [-0.4, -0.2) is 55.5 Å². The lowest BCUT2D eigenvalue weighted by Crippen LogP contribution is -2.49. The third-order valence-corrected chi connectivity index (χ3v) is 3.71. The first kappa shape index (κ1) is 14.5. The topological polar surface area (TPSA) is 35.6 Å². The van der Waals surface area contributed by atoms with E-state index in [4.69, 9.17) is 0 Å². The number of carbonyl (C=O) groups is 1. The number of rotatable bonds is 4. The van der Waals surface area contributed by atoms with Crippen molar-refractivity contribution in [3.63, 3.8) is 0 Å². The van der Waals surface area contributed by atoms with Crippen molar-refractivity contribution in [2.24, 2.45) is 0 Å². The van der Waals surface area contributed by atoms with Gasteiger partial charge in [-0.15, -0.1) is 0 Å². The van der Waals surface area contributed by atoms with Crippen molar-refractivity contribution in [3.8, 4) is 0 Å². The van der Waals surface area contributed by atoms with Crippen LogP contribution < -0.4 is 5.32 Å². The lowest BCUT2D eigenvalue weighted by atomic mass is 10.2. The number of piperazine rings is 1. The fourth-order valence-corrected chi connectivity index (χ4v) is 2.69. The summed E-state index contributed by atoms with van der Waals surface area (Å²) >= 11 is 3.46. The van der Waals surface area contributed by atoms with Crippen LogP contribution in [0.15, 0.2) is 28.7 Å². The molecule has 0 unspecified atom stereocenters. The highest BCUT2D eigenvalue weighted by Crippen LogP contribution is 2.13. The van der Waals surface area contributed by atoms with Crippen molar-refractivity contribution >= 4 is 21.8 Å². The molecule has 5 heteroatoms. The Labute approximate surface area is 122 Å². The van der Waals surface area contributed by atoms with Gasteiger partial charge in [-0.2, -0.15) is 0 Å². The summed E-state index contributed by atoms with van der Waals surface area (Å²) in [6.45, 7) is 4.72. The van der Waals surface area contributed by atoms with Gasteiger partial charge in [-0.25, -0.2) is 0 Å². The number of benzene rings is 1. The molecule has 19 heavy (non-hydrogen) atoms. The quantitative estimate of drug-likeness (QED) is 0.906. The minimum Gasteiger partial charge on any atom is -0.339 e. The molecule has 0 atom stereocenters. The molecule has 0 radical (unpaired) electrons. The van der Waals surface area contributed by atoms with E-state index in [1.807, 2.05) is 24.1 Å². The molecule has 4 nitrogen and oxygen atoms in total. The van der Waals surface area contributed by atoms with Crippen LogP contribution in [0.5, 0.6) is 0 Å². The van der Waals surface area contributed by atoms with Crippen molar-refractivity contribution in [3.05, 3.63) is 34.3 Å². The summed E-state index contributed by atoms with van der Waals surface area (Å²) in [5.74, 6) is 0.221. The summed E-state index contributed by atoms with van der Waals surface area (Å²) < 4.78 is 1.08. The Morgan fingerprint density at radius 2 is 2.16 bits per heavy atom. The van der Waals surface area contributed by atoms with Crippen molar-refractivity contribution in [2.75, 3.05) is 39.8 Å². The summed E-state index contributed by atoms with van der Waals surface area (Å²) in [6, 6.07) is 8.20. The van der Waals surface area contributed by atoms with E-state index in [2.05, 4.69) is 38.3 Å². The highest BCUT2D eigenvalue weighted by molar-refractivity contribution is 9.10. The Balaban J connectivity index is 1.83. The molecule has 1 aromatic carbocycles. The number of nitrogens with zero attached hydrogens (tertiary/aromatic N) is 2. The van der Waals surface area contributed by atoms with Crippen LogP contribution in [-0.2, 0) is 11.3 Å². The number of nitrogens with one attached hydrogen (secondary N) is 1. The highest BCUT2D eigenvalue weighted by Gasteiger charge is 2.17. The van der Waals surface area contributed by atoms with Crippen molar-refractivity contribution < 1.29 is 4.79 Å². The fraction of sp³-hybridized carbons (Fsp3) is 0.500. The van der Waals surface area contributed by atoms with Gasteiger partial charge in [0.05, 0.1) is 6.54 Å². The molecule has 0 spiro atoms. The molecule has 1 aromatic rings. The Morgan fingerprint density at radius 3 is 2.84 bits per heavy atom. The number of carbonyl (C=O) groups excluding carboxylic acids is 1. The summed E-state index contributed by atoms with van der Waals surface area (Å²) in [6.07, 6.45) is 0. The second kappa shape index (κ2) is 7.03. The van der Waals surface area contributed by atoms with Crippen LogP contribution in [0, 0.1) is 0 Å². The van der Waals surface area contributed by atoms with E-state index in [-0.39, 0.29) is 5.91 Å². The molecule has 2 rings (SSSR count). The zero-order valence-corrected chi connectivity index (χ0v) is 12.8. The monoisotopic (exact) mass is 325 g/mol. The summed E-state index contributed by atoms with van der Waals surface area (Å²) in [5.41, 5.74) is 1.21. The van der Waals surface area contributed by atoms with Crippen LogP contribution in [0.25, 0.3) is 0 Å². The van der Waals surface area contributed by atoms with E-state index in [0.29, 0.717) is 6.54 Å². The van der Waals surface area contributed by atoms with Crippen LogP contribution in [0.3, 0.4) is 0 Å². The van der Waals surface area contributed by atoms with Gasteiger partial charge in [0, 0.05) is 37.2 Å². The number of hydrogen-bond acceptors (Lipinski definition) is 3. The number of halogens is 1. The molecule has 0 aliphatic carbocycles. The molecule has 1 N–H and O–H groups in total. The summed E-state index contributed by atoms with van der Waals surface area (Å²) in [4.78, 5) is 16.1. The van der Waals surface area contributed by atoms with Gasteiger partial charge in [-0.1, -0.05) is 28.1 Å². The van der Waals surface area contributed by atoms with Gasteiger partial charge in [0.1, 0.15) is 0 Å².